The van der Waals surface area contributed by atoms with E-state index in [1.54, 1.807) is 13.2 Å². The number of sulfonamides is 1. The van der Waals surface area contributed by atoms with E-state index >= 15 is 0 Å². The highest BCUT2D eigenvalue weighted by molar-refractivity contribution is 7.89. The van der Waals surface area contributed by atoms with E-state index in [2.05, 4.69) is 4.98 Å². The first-order valence-corrected chi connectivity index (χ1v) is 8.39. The summed E-state index contributed by atoms with van der Waals surface area (Å²) in [6.45, 7) is 5.05. The van der Waals surface area contributed by atoms with Crippen LogP contribution in [0, 0.1) is 5.92 Å². The molecule has 0 atom stereocenters. The first kappa shape index (κ1) is 17.4. The zero-order valence-corrected chi connectivity index (χ0v) is 13.6. The van der Waals surface area contributed by atoms with E-state index in [1.165, 1.54) is 16.6 Å². The Hall–Kier alpha value is -0.690. The maximum Gasteiger partial charge on any atom is 0.260 e. The number of alkyl halides is 1. The second-order valence-electron chi connectivity index (χ2n) is 4.89. The zero-order valence-electron chi connectivity index (χ0n) is 12.0. The van der Waals surface area contributed by atoms with Crippen molar-refractivity contribution in [2.75, 3.05) is 26.8 Å². The Morgan fingerprint density at radius 3 is 2.55 bits per heavy atom. The number of methoxy groups -OCH3 is 1. The van der Waals surface area contributed by atoms with Crippen molar-refractivity contribution in [2.24, 2.45) is 5.92 Å². The monoisotopic (exact) mass is 320 g/mol. The first-order valence-electron chi connectivity index (χ1n) is 6.41. The summed E-state index contributed by atoms with van der Waals surface area (Å²) in [5, 5.41) is 0.0446. The van der Waals surface area contributed by atoms with Crippen LogP contribution in [0.4, 0.5) is 0 Å². The topological polar surface area (TPSA) is 59.5 Å². The minimum Gasteiger partial charge on any atom is -0.383 e. The Labute approximate surface area is 126 Å². The van der Waals surface area contributed by atoms with E-state index in [1.807, 2.05) is 13.8 Å². The molecule has 5 nitrogen and oxygen atoms in total. The minimum atomic E-state index is -3.59. The molecular formula is C13H21ClN2O3S. The quantitative estimate of drug-likeness (QED) is 0.688. The van der Waals surface area contributed by atoms with E-state index in [9.17, 15) is 8.42 Å². The molecule has 1 aromatic rings. The van der Waals surface area contributed by atoms with Crippen LogP contribution in [-0.4, -0.2) is 44.5 Å². The van der Waals surface area contributed by atoms with Gasteiger partial charge in [0.15, 0.2) is 5.03 Å². The largest absolute Gasteiger partial charge is 0.383 e. The number of halogens is 1. The summed E-state index contributed by atoms with van der Waals surface area (Å²) >= 11 is 5.68. The lowest BCUT2D eigenvalue weighted by Crippen LogP contribution is -2.37. The lowest BCUT2D eigenvalue weighted by molar-refractivity contribution is 0.175. The molecule has 0 amide bonds. The van der Waals surface area contributed by atoms with E-state index < -0.39 is 10.0 Å². The molecule has 0 aliphatic carbocycles. The second kappa shape index (κ2) is 7.93. The molecule has 1 aromatic heterocycles. The van der Waals surface area contributed by atoms with Gasteiger partial charge in [-0.2, -0.15) is 4.31 Å². The van der Waals surface area contributed by atoms with Crippen molar-refractivity contribution in [1.29, 1.82) is 0 Å². The van der Waals surface area contributed by atoms with Crippen LogP contribution in [-0.2, 0) is 20.6 Å². The van der Waals surface area contributed by atoms with E-state index in [0.29, 0.717) is 25.6 Å². The van der Waals surface area contributed by atoms with Gasteiger partial charge in [0.05, 0.1) is 6.61 Å². The second-order valence-corrected chi connectivity index (χ2v) is 7.04. The first-order chi connectivity index (χ1) is 9.41. The van der Waals surface area contributed by atoms with Crippen molar-refractivity contribution < 1.29 is 13.2 Å². The fraction of sp³-hybridized carbons (Fsp3) is 0.615. The molecule has 0 unspecified atom stereocenters. The molecule has 20 heavy (non-hydrogen) atoms. The predicted molar refractivity (Wildman–Crippen MR) is 79.3 cm³/mol. The number of hydrogen-bond acceptors (Lipinski definition) is 4. The fourth-order valence-corrected chi connectivity index (χ4v) is 3.34. The van der Waals surface area contributed by atoms with Gasteiger partial charge in [0.2, 0.25) is 0 Å². The van der Waals surface area contributed by atoms with Crippen LogP contribution >= 0.6 is 11.6 Å². The number of ether oxygens (including phenoxy) is 1. The van der Waals surface area contributed by atoms with Crippen LogP contribution in [0.1, 0.15) is 19.4 Å². The third-order valence-electron chi connectivity index (χ3n) is 2.67. The summed E-state index contributed by atoms with van der Waals surface area (Å²) in [4.78, 5) is 4.00. The molecule has 7 heteroatoms. The summed E-state index contributed by atoms with van der Waals surface area (Å²) < 4.78 is 31.5. The van der Waals surface area contributed by atoms with Crippen molar-refractivity contribution >= 4 is 21.6 Å². The minimum absolute atomic E-state index is 0.0446. The third kappa shape index (κ3) is 4.70. The molecule has 0 aliphatic rings. The Kier molecular flexibility index (Phi) is 6.88. The summed E-state index contributed by atoms with van der Waals surface area (Å²) in [6, 6.07) is 3.17. The highest BCUT2D eigenvalue weighted by Gasteiger charge is 2.26. The van der Waals surface area contributed by atoms with Gasteiger partial charge >= 0.3 is 0 Å². The molecule has 0 radical (unpaired) electrons. The molecule has 0 saturated heterocycles. The Balaban J connectivity index is 3.00. The molecule has 0 aromatic carbocycles. The van der Waals surface area contributed by atoms with Crippen molar-refractivity contribution in [3.05, 3.63) is 23.9 Å². The fourth-order valence-electron chi connectivity index (χ4n) is 1.68. The van der Waals surface area contributed by atoms with Gasteiger partial charge in [-0.25, -0.2) is 13.4 Å². The molecule has 0 spiro atoms. The molecule has 0 fully saturated rings. The summed E-state index contributed by atoms with van der Waals surface area (Å²) in [5.74, 6) is 0.538. The SMILES string of the molecule is COCCN(CC(C)C)S(=O)(=O)c1ccc(CCl)cn1. The average Bonchev–Trinajstić information content (AvgIpc) is 2.43. The van der Waals surface area contributed by atoms with E-state index in [0.717, 1.165) is 5.56 Å². The van der Waals surface area contributed by atoms with E-state index in [-0.39, 0.29) is 10.9 Å². The summed E-state index contributed by atoms with van der Waals surface area (Å²) in [6.07, 6.45) is 1.49. The van der Waals surface area contributed by atoms with Gasteiger partial charge in [-0.05, 0) is 17.5 Å². The Morgan fingerprint density at radius 1 is 1.40 bits per heavy atom. The van der Waals surface area contributed by atoms with Gasteiger partial charge in [0.1, 0.15) is 0 Å². The molecule has 0 saturated carbocycles. The van der Waals surface area contributed by atoms with Crippen LogP contribution in [0.2, 0.25) is 0 Å². The number of aromatic nitrogens is 1. The summed E-state index contributed by atoms with van der Waals surface area (Å²) in [5.41, 5.74) is 0.790. The molecule has 1 heterocycles. The van der Waals surface area contributed by atoms with Gasteiger partial charge in [-0.3, -0.25) is 0 Å². The highest BCUT2D eigenvalue weighted by Crippen LogP contribution is 2.16. The van der Waals surface area contributed by atoms with Crippen LogP contribution < -0.4 is 0 Å². The van der Waals surface area contributed by atoms with Crippen LogP contribution in [0.25, 0.3) is 0 Å². The molecule has 0 bridgehead atoms. The van der Waals surface area contributed by atoms with Gasteiger partial charge in [0.25, 0.3) is 10.0 Å². The Morgan fingerprint density at radius 2 is 2.10 bits per heavy atom. The van der Waals surface area contributed by atoms with Gasteiger partial charge in [-0.1, -0.05) is 19.9 Å². The molecule has 0 N–H and O–H groups in total. The highest BCUT2D eigenvalue weighted by atomic mass is 35.5. The average molecular weight is 321 g/mol. The van der Waals surface area contributed by atoms with Gasteiger partial charge in [-0.15, -0.1) is 11.6 Å². The van der Waals surface area contributed by atoms with Crippen molar-refractivity contribution in [2.45, 2.75) is 24.8 Å². The van der Waals surface area contributed by atoms with Crippen molar-refractivity contribution in [3.8, 4) is 0 Å². The lowest BCUT2D eigenvalue weighted by atomic mass is 10.2. The number of pyridine rings is 1. The maximum absolute atomic E-state index is 12.5. The normalized spacial score (nSPS) is 12.3. The standard InChI is InChI=1S/C13H21ClN2O3S/c1-11(2)10-16(6-7-19-3)20(17,18)13-5-4-12(8-14)9-15-13/h4-5,9,11H,6-8,10H2,1-3H3. The molecule has 0 aliphatic heterocycles. The smallest absolute Gasteiger partial charge is 0.260 e. The number of rotatable bonds is 8. The zero-order chi connectivity index (χ0) is 15.2. The van der Waals surface area contributed by atoms with Crippen LogP contribution in [0.3, 0.4) is 0 Å². The third-order valence-corrected chi connectivity index (χ3v) is 4.76. The number of nitrogens with zero attached hydrogens (tertiary/aromatic N) is 2. The number of hydrogen-bond donors (Lipinski definition) is 0. The van der Waals surface area contributed by atoms with Crippen molar-refractivity contribution in [1.82, 2.24) is 9.29 Å². The molecule has 114 valence electrons. The predicted octanol–water partition coefficient (Wildman–Crippen LogP) is 2.11. The van der Waals surface area contributed by atoms with Gasteiger partial charge < -0.3 is 4.74 Å². The lowest BCUT2D eigenvalue weighted by Gasteiger charge is -2.23. The Bertz CT molecular complexity index is 503. The molecular weight excluding hydrogens is 300 g/mol. The van der Waals surface area contributed by atoms with Crippen LogP contribution in [0.5, 0.6) is 0 Å². The van der Waals surface area contributed by atoms with Crippen LogP contribution in [0.15, 0.2) is 23.4 Å². The van der Waals surface area contributed by atoms with Crippen molar-refractivity contribution in [3.63, 3.8) is 0 Å². The van der Waals surface area contributed by atoms with E-state index in [4.69, 9.17) is 16.3 Å². The van der Waals surface area contributed by atoms with Gasteiger partial charge in [0, 0.05) is 32.3 Å². The maximum atomic E-state index is 12.5. The molecule has 1 rings (SSSR count). The summed E-state index contributed by atoms with van der Waals surface area (Å²) in [7, 11) is -2.04.